The average molecular weight is 232 g/mol. The first-order valence-electron chi connectivity index (χ1n) is 6.81. The van der Waals surface area contributed by atoms with Crippen molar-refractivity contribution in [2.45, 2.75) is 39.2 Å². The van der Waals surface area contributed by atoms with Crippen molar-refractivity contribution in [3.05, 3.63) is 29.8 Å². The molecule has 17 heavy (non-hydrogen) atoms. The van der Waals surface area contributed by atoms with E-state index < -0.39 is 0 Å². The Hall–Kier alpha value is -1.02. The summed E-state index contributed by atoms with van der Waals surface area (Å²) in [4.78, 5) is 2.52. The molecule has 94 valence electrons. The Labute approximate surface area is 105 Å². The molecule has 1 aliphatic carbocycles. The highest BCUT2D eigenvalue weighted by atomic mass is 15.1. The number of para-hydroxylation sites is 1. The number of hydrogen-bond acceptors (Lipinski definition) is 2. The summed E-state index contributed by atoms with van der Waals surface area (Å²) in [7, 11) is 0. The molecule has 0 saturated heterocycles. The van der Waals surface area contributed by atoms with Crippen LogP contribution in [0.1, 0.15) is 44.7 Å². The topological polar surface area (TPSA) is 29.3 Å². The molecular formula is C15H24N2. The van der Waals surface area contributed by atoms with Crippen LogP contribution in [0.15, 0.2) is 24.3 Å². The highest BCUT2D eigenvalue weighted by Gasteiger charge is 2.25. The van der Waals surface area contributed by atoms with Gasteiger partial charge < -0.3 is 10.6 Å². The van der Waals surface area contributed by atoms with Crippen molar-refractivity contribution in [1.82, 2.24) is 0 Å². The Balaban J connectivity index is 2.20. The molecule has 0 aliphatic heterocycles. The van der Waals surface area contributed by atoms with E-state index in [9.17, 15) is 0 Å². The highest BCUT2D eigenvalue weighted by Crippen LogP contribution is 2.33. The van der Waals surface area contributed by atoms with Gasteiger partial charge in [-0.2, -0.15) is 0 Å². The first-order valence-corrected chi connectivity index (χ1v) is 6.81. The number of nitrogens with two attached hydrogens (primary N) is 1. The number of nitrogens with zero attached hydrogens (tertiary/aromatic N) is 1. The third-order valence-corrected chi connectivity index (χ3v) is 3.44. The van der Waals surface area contributed by atoms with Gasteiger partial charge >= 0.3 is 0 Å². The van der Waals surface area contributed by atoms with Gasteiger partial charge in [-0.3, -0.25) is 0 Å². The molecule has 2 N–H and O–H groups in total. The molecule has 0 spiro atoms. The molecule has 1 saturated carbocycles. The van der Waals surface area contributed by atoms with Crippen molar-refractivity contribution in [2.75, 3.05) is 18.0 Å². The van der Waals surface area contributed by atoms with Crippen LogP contribution in [0, 0.1) is 5.92 Å². The normalized spacial score (nSPS) is 16.9. The number of rotatable bonds is 6. The Morgan fingerprint density at radius 1 is 1.35 bits per heavy atom. The monoisotopic (exact) mass is 232 g/mol. The van der Waals surface area contributed by atoms with E-state index in [1.54, 1.807) is 0 Å². The zero-order valence-corrected chi connectivity index (χ0v) is 11.0. The Kier molecular flexibility index (Phi) is 4.06. The molecule has 0 bridgehead atoms. The second-order valence-electron chi connectivity index (χ2n) is 5.24. The summed E-state index contributed by atoms with van der Waals surface area (Å²) in [5.74, 6) is 0.919. The first-order chi connectivity index (χ1) is 8.22. The maximum Gasteiger partial charge on any atom is 0.0414 e. The van der Waals surface area contributed by atoms with Gasteiger partial charge in [0.15, 0.2) is 0 Å². The average Bonchev–Trinajstić information content (AvgIpc) is 3.12. The highest BCUT2D eigenvalue weighted by molar-refractivity contribution is 5.55. The minimum Gasteiger partial charge on any atom is -0.371 e. The maximum absolute atomic E-state index is 6.07. The van der Waals surface area contributed by atoms with Gasteiger partial charge in [0, 0.05) is 24.8 Å². The van der Waals surface area contributed by atoms with E-state index in [-0.39, 0.29) is 6.04 Å². The summed E-state index contributed by atoms with van der Waals surface area (Å²) < 4.78 is 0. The zero-order valence-electron chi connectivity index (χ0n) is 11.0. The quantitative estimate of drug-likeness (QED) is 0.815. The van der Waals surface area contributed by atoms with E-state index in [0.29, 0.717) is 0 Å². The SMILES string of the molecule is CCCN(CC1CC1)c1ccccc1C(C)N. The molecule has 0 heterocycles. The molecular weight excluding hydrogens is 208 g/mol. The second-order valence-corrected chi connectivity index (χ2v) is 5.24. The molecule has 1 aromatic rings. The van der Waals surface area contributed by atoms with Crippen molar-refractivity contribution in [1.29, 1.82) is 0 Å². The Bertz CT molecular complexity index is 356. The van der Waals surface area contributed by atoms with E-state index in [0.717, 1.165) is 12.5 Å². The van der Waals surface area contributed by atoms with Gasteiger partial charge in [0.1, 0.15) is 0 Å². The molecule has 0 radical (unpaired) electrons. The smallest absolute Gasteiger partial charge is 0.0414 e. The number of anilines is 1. The molecule has 1 fully saturated rings. The fourth-order valence-corrected chi connectivity index (χ4v) is 2.35. The largest absolute Gasteiger partial charge is 0.371 e. The van der Waals surface area contributed by atoms with Gasteiger partial charge in [0.25, 0.3) is 0 Å². The molecule has 1 unspecified atom stereocenters. The summed E-state index contributed by atoms with van der Waals surface area (Å²) in [6.07, 6.45) is 4.00. The van der Waals surface area contributed by atoms with Crippen LogP contribution < -0.4 is 10.6 Å². The van der Waals surface area contributed by atoms with Crippen molar-refractivity contribution in [2.24, 2.45) is 11.7 Å². The van der Waals surface area contributed by atoms with E-state index in [1.807, 2.05) is 0 Å². The van der Waals surface area contributed by atoms with Gasteiger partial charge in [0.2, 0.25) is 0 Å². The van der Waals surface area contributed by atoms with Gasteiger partial charge in [-0.15, -0.1) is 0 Å². The molecule has 0 amide bonds. The van der Waals surface area contributed by atoms with E-state index in [1.165, 1.54) is 37.1 Å². The summed E-state index contributed by atoms with van der Waals surface area (Å²) in [6.45, 7) is 6.66. The van der Waals surface area contributed by atoms with Crippen LogP contribution in [0.4, 0.5) is 5.69 Å². The lowest BCUT2D eigenvalue weighted by molar-refractivity contribution is 0.697. The van der Waals surface area contributed by atoms with Crippen LogP contribution in [0.3, 0.4) is 0 Å². The maximum atomic E-state index is 6.07. The summed E-state index contributed by atoms with van der Waals surface area (Å²) in [5, 5.41) is 0. The summed E-state index contributed by atoms with van der Waals surface area (Å²) >= 11 is 0. The van der Waals surface area contributed by atoms with Gasteiger partial charge in [0.05, 0.1) is 0 Å². The van der Waals surface area contributed by atoms with E-state index in [4.69, 9.17) is 5.73 Å². The minimum absolute atomic E-state index is 0.116. The predicted octanol–water partition coefficient (Wildman–Crippen LogP) is 3.33. The van der Waals surface area contributed by atoms with Crippen LogP contribution in [-0.2, 0) is 0 Å². The van der Waals surface area contributed by atoms with Gasteiger partial charge in [-0.1, -0.05) is 25.1 Å². The lowest BCUT2D eigenvalue weighted by Crippen LogP contribution is -2.28. The molecule has 2 heteroatoms. The van der Waals surface area contributed by atoms with Crippen LogP contribution in [0.5, 0.6) is 0 Å². The van der Waals surface area contributed by atoms with E-state index >= 15 is 0 Å². The fourth-order valence-electron chi connectivity index (χ4n) is 2.35. The van der Waals surface area contributed by atoms with Crippen LogP contribution >= 0.6 is 0 Å². The summed E-state index contributed by atoms with van der Waals surface area (Å²) in [5.41, 5.74) is 8.69. The van der Waals surface area contributed by atoms with Crippen LogP contribution in [0.25, 0.3) is 0 Å². The van der Waals surface area contributed by atoms with Gasteiger partial charge in [-0.25, -0.2) is 0 Å². The van der Waals surface area contributed by atoms with Crippen molar-refractivity contribution >= 4 is 5.69 Å². The minimum atomic E-state index is 0.116. The fraction of sp³-hybridized carbons (Fsp3) is 0.600. The lowest BCUT2D eigenvalue weighted by atomic mass is 10.1. The Morgan fingerprint density at radius 3 is 2.65 bits per heavy atom. The third kappa shape index (κ3) is 3.22. The predicted molar refractivity (Wildman–Crippen MR) is 74.3 cm³/mol. The first kappa shape index (κ1) is 12.4. The second kappa shape index (κ2) is 5.54. The van der Waals surface area contributed by atoms with Crippen molar-refractivity contribution < 1.29 is 0 Å². The molecule has 1 atom stereocenters. The van der Waals surface area contributed by atoms with Crippen LogP contribution in [0.2, 0.25) is 0 Å². The molecule has 2 nitrogen and oxygen atoms in total. The third-order valence-electron chi connectivity index (χ3n) is 3.44. The van der Waals surface area contributed by atoms with Crippen molar-refractivity contribution in [3.8, 4) is 0 Å². The standard InChI is InChI=1S/C15H24N2/c1-3-10-17(11-13-8-9-13)15-7-5-4-6-14(15)12(2)16/h4-7,12-13H,3,8-11,16H2,1-2H3. The molecule has 0 aromatic heterocycles. The number of benzene rings is 1. The molecule has 1 aliphatic rings. The van der Waals surface area contributed by atoms with E-state index in [2.05, 4.69) is 43.0 Å². The molecule has 2 rings (SSSR count). The van der Waals surface area contributed by atoms with Crippen LogP contribution in [-0.4, -0.2) is 13.1 Å². The number of hydrogen-bond donors (Lipinski definition) is 1. The summed E-state index contributed by atoms with van der Waals surface area (Å²) in [6, 6.07) is 8.71. The Morgan fingerprint density at radius 2 is 2.06 bits per heavy atom. The zero-order chi connectivity index (χ0) is 12.3. The van der Waals surface area contributed by atoms with Gasteiger partial charge in [-0.05, 0) is 43.7 Å². The lowest BCUT2D eigenvalue weighted by Gasteiger charge is -2.28. The molecule has 1 aromatic carbocycles. The van der Waals surface area contributed by atoms with Crippen molar-refractivity contribution in [3.63, 3.8) is 0 Å².